The van der Waals surface area contributed by atoms with Gasteiger partial charge in [-0.05, 0) is 115 Å². The molecule has 4 heterocycles. The number of benzene rings is 4. The van der Waals surface area contributed by atoms with Crippen molar-refractivity contribution in [2.24, 2.45) is 19.5 Å². The van der Waals surface area contributed by atoms with Gasteiger partial charge in [-0.3, -0.25) is 23.5 Å². The van der Waals surface area contributed by atoms with Gasteiger partial charge in [0.1, 0.15) is 22.0 Å². The maximum Gasteiger partial charge on any atom is 0.422 e. The number of rotatable bonds is 16. The van der Waals surface area contributed by atoms with E-state index in [-0.39, 0.29) is 39.7 Å². The third-order valence-electron chi connectivity index (χ3n) is 12.8. The highest BCUT2D eigenvalue weighted by atomic mass is 35.5. The van der Waals surface area contributed by atoms with E-state index in [1.165, 1.54) is 29.6 Å². The summed E-state index contributed by atoms with van der Waals surface area (Å²) in [6, 6.07) is 27.8. The van der Waals surface area contributed by atoms with Gasteiger partial charge in [-0.25, -0.2) is 23.5 Å². The summed E-state index contributed by atoms with van der Waals surface area (Å²) in [4.78, 5) is 57.6. The first kappa shape index (κ1) is 54.7. The van der Waals surface area contributed by atoms with Gasteiger partial charge in [-0.15, -0.1) is 22.7 Å². The Balaban J connectivity index is 0.000000203. The third-order valence-corrected chi connectivity index (χ3v) is 16.6. The molecule has 4 aromatic carbocycles. The van der Waals surface area contributed by atoms with Crippen molar-refractivity contribution in [3.05, 3.63) is 178 Å². The van der Waals surface area contributed by atoms with Gasteiger partial charge in [-0.2, -0.15) is 24.9 Å². The van der Waals surface area contributed by atoms with Crippen LogP contribution < -0.4 is 16.6 Å². The number of carboxylic acid groups (broad SMARTS) is 1. The van der Waals surface area contributed by atoms with Crippen molar-refractivity contribution in [1.29, 1.82) is 0 Å². The molecule has 20 heteroatoms. The Morgan fingerprint density at radius 2 is 1.65 bits per heavy atom. The van der Waals surface area contributed by atoms with Gasteiger partial charge in [0, 0.05) is 46.5 Å². The van der Waals surface area contributed by atoms with Gasteiger partial charge in [0.2, 0.25) is 5.91 Å². The summed E-state index contributed by atoms with van der Waals surface area (Å²) >= 11 is 9.99. The van der Waals surface area contributed by atoms with Gasteiger partial charge in [0.15, 0.2) is 5.13 Å². The van der Waals surface area contributed by atoms with Gasteiger partial charge >= 0.3 is 17.8 Å². The Kier molecular flexibility index (Phi) is 16.3. The Morgan fingerprint density at radius 3 is 2.37 bits per heavy atom. The molecular weight excluding hydrogens is 1050 g/mol. The minimum Gasteiger partial charge on any atom is -0.481 e. The van der Waals surface area contributed by atoms with Crippen LogP contribution in [0.1, 0.15) is 83.9 Å². The summed E-state index contributed by atoms with van der Waals surface area (Å²) in [6.45, 7) is 3.66. The number of fused-ring (bicyclic) bond motifs is 2. The zero-order chi connectivity index (χ0) is 54.0. The number of aromatic nitrogens is 4. The first-order chi connectivity index (χ1) is 35.5. The van der Waals surface area contributed by atoms with E-state index in [0.717, 1.165) is 98.0 Å². The molecule has 1 atom stereocenters. The van der Waals surface area contributed by atoms with Gasteiger partial charge in [0.05, 0.1) is 40.7 Å². The van der Waals surface area contributed by atoms with Crippen LogP contribution in [0.25, 0.3) is 44.5 Å². The highest BCUT2D eigenvalue weighted by Crippen LogP contribution is 2.53. The number of amides is 1. The number of thiophene rings is 1. The summed E-state index contributed by atoms with van der Waals surface area (Å²) in [5.41, 5.74) is 1.67. The molecule has 1 saturated carbocycles. The molecule has 75 heavy (non-hydrogen) atoms. The predicted molar refractivity (Wildman–Crippen MR) is 288 cm³/mol. The van der Waals surface area contributed by atoms with Crippen LogP contribution in [0.5, 0.6) is 0 Å². The molecule has 9 rings (SSSR count). The molecule has 0 radical (unpaired) electrons. The van der Waals surface area contributed by atoms with Crippen LogP contribution in [0.3, 0.4) is 0 Å². The third kappa shape index (κ3) is 13.0. The second-order valence-electron chi connectivity index (χ2n) is 18.9. The minimum atomic E-state index is -5.24. The number of hydrogen-bond acceptors (Lipinski definition) is 10. The lowest BCUT2D eigenvalue weighted by Crippen LogP contribution is -2.36. The molecule has 1 fully saturated rings. The number of thiazole rings is 1. The van der Waals surface area contributed by atoms with Crippen LogP contribution in [0.4, 0.5) is 27.1 Å². The van der Waals surface area contributed by atoms with E-state index in [2.05, 4.69) is 52.8 Å². The van der Waals surface area contributed by atoms with E-state index < -0.39 is 57.7 Å². The quantitative estimate of drug-likeness (QED) is 0.0802. The number of aryl methyl sites for hydroxylation is 2. The summed E-state index contributed by atoms with van der Waals surface area (Å²) < 4.78 is 69.1. The molecule has 11 nitrogen and oxygen atoms in total. The van der Waals surface area contributed by atoms with E-state index in [1.54, 1.807) is 5.38 Å². The van der Waals surface area contributed by atoms with E-state index in [0.29, 0.717) is 21.5 Å². The SMILES string of the molecule is CC(C)(O)c1ccccc1CC[C@@H](SCC1(CC(=O)O)CC1)c1cccc(/C=C/c2ccc3ccc(Cl)cc3n2)c1.Cn1c(=O)c2c(CC(=O)Nc3nc(-c4ccc(F)c(C(F)(F)F)c4F)cs3)csc2n(C)c1=O. The Hall–Kier alpha value is -6.51. The van der Waals surface area contributed by atoms with Crippen LogP contribution in [0.15, 0.2) is 111 Å². The van der Waals surface area contributed by atoms with Gasteiger partial charge in [0.25, 0.3) is 5.56 Å². The molecule has 3 N–H and O–H groups in total. The Labute approximate surface area is 444 Å². The van der Waals surface area contributed by atoms with Crippen molar-refractivity contribution in [3.8, 4) is 11.3 Å². The fourth-order valence-electron chi connectivity index (χ4n) is 8.71. The smallest absolute Gasteiger partial charge is 0.422 e. The lowest BCUT2D eigenvalue weighted by Gasteiger charge is -2.24. The molecule has 0 aliphatic heterocycles. The van der Waals surface area contributed by atoms with Gasteiger partial charge < -0.3 is 15.5 Å². The van der Waals surface area contributed by atoms with E-state index in [9.17, 15) is 51.3 Å². The largest absolute Gasteiger partial charge is 0.481 e. The van der Waals surface area contributed by atoms with Crippen molar-refractivity contribution >= 4 is 96.3 Å². The summed E-state index contributed by atoms with van der Waals surface area (Å²) in [7, 11) is 2.82. The molecule has 390 valence electrons. The molecular formula is C55H49ClF5N5O6S3. The average Bonchev–Trinajstić information content (AvgIpc) is 3.73. The zero-order valence-corrected chi connectivity index (χ0v) is 44.0. The number of nitrogens with one attached hydrogen (secondary N) is 1. The Morgan fingerprint density at radius 1 is 0.907 bits per heavy atom. The van der Waals surface area contributed by atoms with Crippen LogP contribution in [-0.4, -0.2) is 46.9 Å². The van der Waals surface area contributed by atoms with Crippen LogP contribution >= 0.6 is 46.0 Å². The van der Waals surface area contributed by atoms with E-state index in [1.807, 2.05) is 74.1 Å². The maximum atomic E-state index is 14.4. The van der Waals surface area contributed by atoms with Crippen molar-refractivity contribution in [2.75, 3.05) is 11.1 Å². The zero-order valence-electron chi connectivity index (χ0n) is 40.8. The Bertz CT molecular complexity index is 3620. The van der Waals surface area contributed by atoms with Crippen molar-refractivity contribution in [1.82, 2.24) is 19.1 Å². The van der Waals surface area contributed by atoms with Crippen molar-refractivity contribution in [3.63, 3.8) is 0 Å². The normalized spacial score (nSPS) is 13.7. The second kappa shape index (κ2) is 22.4. The highest BCUT2D eigenvalue weighted by molar-refractivity contribution is 7.99. The van der Waals surface area contributed by atoms with Crippen LogP contribution in [0.2, 0.25) is 5.02 Å². The number of aliphatic carboxylic acids is 1. The molecule has 0 bridgehead atoms. The van der Waals surface area contributed by atoms with Crippen LogP contribution in [0, 0.1) is 17.0 Å². The number of carbonyl (C=O) groups excluding carboxylic acids is 1. The average molecular weight is 1100 g/mol. The first-order valence-corrected chi connectivity index (χ1v) is 26.6. The number of hydrogen-bond donors (Lipinski definition) is 3. The number of halogens is 6. The molecule has 4 aromatic heterocycles. The lowest BCUT2D eigenvalue weighted by molar-refractivity contribution is -0.142. The molecule has 0 spiro atoms. The monoisotopic (exact) mass is 1100 g/mol. The van der Waals surface area contributed by atoms with Crippen molar-refractivity contribution < 1.29 is 41.8 Å². The number of thioether (sulfide) groups is 1. The van der Waals surface area contributed by atoms with E-state index in [4.69, 9.17) is 16.6 Å². The highest BCUT2D eigenvalue weighted by Gasteiger charge is 2.45. The summed E-state index contributed by atoms with van der Waals surface area (Å²) in [5.74, 6) is -4.02. The number of pyridine rings is 1. The molecule has 1 aliphatic carbocycles. The number of nitrogens with zero attached hydrogens (tertiary/aromatic N) is 4. The second-order valence-corrected chi connectivity index (χ2v) is 22.2. The standard InChI is InChI=1S/C35H36ClNO3S.C20H13F5N4O3S2/c1-34(2,40)30-9-4-3-7-25(30)13-17-32(41-23-35(18-19-35)22-33(38)39)27-8-5-6-24(20-27)10-15-29-16-12-26-11-14-28(36)21-31(26)37-29;1-28-16(31)13-8(6-33-17(13)29(2)19(28)32)5-12(30)27-18-26-11(7-34-18)9-3-4-10(21)14(15(9)22)20(23,24)25/h3-12,14-16,20-21,32,40H,13,17-19,22-23H2,1-2H3,(H,38,39);3-4,6-7H,5H2,1-2H3,(H,26,27,30)/b15-10+;/t32-;/m1./s1. The van der Waals surface area contributed by atoms with Gasteiger partial charge in [-0.1, -0.05) is 78.3 Å². The fourth-order valence-corrected chi connectivity index (χ4v) is 12.2. The fraction of sp³-hybridized carbons (Fsp3) is 0.273. The minimum absolute atomic E-state index is 0.0304. The number of anilines is 1. The summed E-state index contributed by atoms with van der Waals surface area (Å²) in [6.07, 6.45) is 2.54. The maximum absolute atomic E-state index is 14.4. The van der Waals surface area contributed by atoms with E-state index >= 15 is 0 Å². The number of aliphatic hydroxyl groups is 1. The molecule has 0 unspecified atom stereocenters. The molecule has 1 amide bonds. The molecule has 8 aromatic rings. The van der Waals surface area contributed by atoms with Crippen molar-refractivity contribution in [2.45, 2.75) is 69.4 Å². The molecule has 1 aliphatic rings. The van der Waals surface area contributed by atoms with Crippen LogP contribution in [-0.2, 0) is 48.3 Å². The topological polar surface area (TPSA) is 156 Å². The number of alkyl halides is 3. The molecule has 0 saturated heterocycles. The lowest BCUT2D eigenvalue weighted by atomic mass is 9.90. The summed E-state index contributed by atoms with van der Waals surface area (Å²) in [5, 5.41) is 27.5. The number of carbonyl (C=O) groups is 2. The number of carboxylic acids is 1. The first-order valence-electron chi connectivity index (χ1n) is 23.5. The predicted octanol–water partition coefficient (Wildman–Crippen LogP) is 12.8.